The number of benzene rings is 2. The highest BCUT2D eigenvalue weighted by Gasteiger charge is 2.03. The highest BCUT2D eigenvalue weighted by molar-refractivity contribution is 6.30. The van der Waals surface area contributed by atoms with Crippen LogP contribution >= 0.6 is 11.6 Å². The van der Waals surface area contributed by atoms with Crippen LogP contribution in [0.2, 0.25) is 5.02 Å². The monoisotopic (exact) mass is 329 g/mol. The number of nitrogens with one attached hydrogen (secondary N) is 1. The minimum absolute atomic E-state index is 0.195. The molecule has 23 heavy (non-hydrogen) atoms. The zero-order chi connectivity index (χ0) is 16.5. The second-order valence-corrected chi connectivity index (χ2v) is 5.45. The van der Waals surface area contributed by atoms with E-state index in [9.17, 15) is 4.79 Å². The van der Waals surface area contributed by atoms with Gasteiger partial charge in [-0.3, -0.25) is 4.79 Å². The summed E-state index contributed by atoms with van der Waals surface area (Å²) in [7, 11) is 0. The number of rotatable bonds is 7. The number of carbonyl (C=O) groups is 1. The fourth-order valence-electron chi connectivity index (χ4n) is 2.06. The van der Waals surface area contributed by atoms with Crippen LogP contribution < -0.4 is 5.32 Å². The van der Waals surface area contributed by atoms with Gasteiger partial charge in [0.15, 0.2) is 0 Å². The van der Waals surface area contributed by atoms with E-state index in [1.807, 2.05) is 61.5 Å². The maximum Gasteiger partial charge on any atom is 0.310 e. The molecule has 4 heteroatoms. The Bertz CT molecular complexity index is 648. The van der Waals surface area contributed by atoms with Crippen LogP contribution in [-0.4, -0.2) is 19.1 Å². The summed E-state index contributed by atoms with van der Waals surface area (Å²) in [6, 6.07) is 15.5. The molecular formula is C19H20ClNO2. The Morgan fingerprint density at radius 1 is 1.13 bits per heavy atom. The van der Waals surface area contributed by atoms with Gasteiger partial charge in [-0.25, -0.2) is 0 Å². The van der Waals surface area contributed by atoms with Crippen molar-refractivity contribution in [1.82, 2.24) is 0 Å². The number of hydrogen-bond acceptors (Lipinski definition) is 3. The first-order chi connectivity index (χ1) is 11.2. The number of anilines is 1. The van der Waals surface area contributed by atoms with Crippen molar-refractivity contribution < 1.29 is 9.53 Å². The predicted octanol–water partition coefficient (Wildman–Crippen LogP) is 4.57. The summed E-state index contributed by atoms with van der Waals surface area (Å²) >= 11 is 5.85. The van der Waals surface area contributed by atoms with E-state index >= 15 is 0 Å². The van der Waals surface area contributed by atoms with Crippen molar-refractivity contribution >= 4 is 29.3 Å². The largest absolute Gasteiger partial charge is 0.466 e. The molecule has 0 unspecified atom stereocenters. The van der Waals surface area contributed by atoms with Crippen molar-refractivity contribution in [3.8, 4) is 0 Å². The van der Waals surface area contributed by atoms with E-state index in [2.05, 4.69) is 11.4 Å². The molecule has 0 aliphatic carbocycles. The Morgan fingerprint density at radius 2 is 1.83 bits per heavy atom. The second kappa shape index (κ2) is 9.01. The molecule has 0 radical (unpaired) electrons. The maximum absolute atomic E-state index is 11.4. The molecule has 0 spiro atoms. The van der Waals surface area contributed by atoms with E-state index < -0.39 is 0 Å². The van der Waals surface area contributed by atoms with E-state index in [0.29, 0.717) is 13.0 Å². The van der Waals surface area contributed by atoms with E-state index in [0.717, 1.165) is 28.4 Å². The Hall–Kier alpha value is -2.26. The highest BCUT2D eigenvalue weighted by Crippen LogP contribution is 2.12. The minimum atomic E-state index is -0.195. The lowest BCUT2D eigenvalue weighted by atomic mass is 10.1. The Morgan fingerprint density at radius 3 is 2.48 bits per heavy atom. The van der Waals surface area contributed by atoms with Crippen molar-refractivity contribution in [1.29, 1.82) is 0 Å². The topological polar surface area (TPSA) is 38.3 Å². The van der Waals surface area contributed by atoms with Gasteiger partial charge in [-0.05, 0) is 42.3 Å². The fourth-order valence-corrected chi connectivity index (χ4v) is 2.19. The molecule has 0 saturated carbocycles. The van der Waals surface area contributed by atoms with Crippen molar-refractivity contribution in [2.45, 2.75) is 13.3 Å². The van der Waals surface area contributed by atoms with Crippen molar-refractivity contribution in [2.24, 2.45) is 0 Å². The lowest BCUT2D eigenvalue weighted by Gasteiger charge is -2.05. The summed E-state index contributed by atoms with van der Waals surface area (Å²) in [6.45, 7) is 2.95. The molecule has 2 aromatic rings. The SMILES string of the molecule is CCOC(=O)Cc1ccc(NC/C=C/c2ccc(Cl)cc2)cc1. The zero-order valence-corrected chi connectivity index (χ0v) is 13.8. The van der Waals surface area contributed by atoms with Crippen LogP contribution in [0.3, 0.4) is 0 Å². The zero-order valence-electron chi connectivity index (χ0n) is 13.1. The predicted molar refractivity (Wildman–Crippen MR) is 95.8 cm³/mol. The number of ether oxygens (including phenoxy) is 1. The molecule has 0 amide bonds. The van der Waals surface area contributed by atoms with Crippen molar-refractivity contribution in [2.75, 3.05) is 18.5 Å². The summed E-state index contributed by atoms with van der Waals surface area (Å²) in [5.74, 6) is -0.195. The van der Waals surface area contributed by atoms with Crippen LogP contribution in [0.5, 0.6) is 0 Å². The molecule has 0 heterocycles. The first kappa shape index (κ1) is 17.1. The first-order valence-corrected chi connectivity index (χ1v) is 7.95. The van der Waals surface area contributed by atoms with Gasteiger partial charge in [-0.1, -0.05) is 48.0 Å². The Kier molecular flexibility index (Phi) is 6.70. The van der Waals surface area contributed by atoms with Crippen LogP contribution in [-0.2, 0) is 16.0 Å². The second-order valence-electron chi connectivity index (χ2n) is 5.01. The Balaban J connectivity index is 1.79. The summed E-state index contributed by atoms with van der Waals surface area (Å²) in [5.41, 5.74) is 3.07. The van der Waals surface area contributed by atoms with Gasteiger partial charge in [-0.2, -0.15) is 0 Å². The molecule has 2 rings (SSSR count). The highest BCUT2D eigenvalue weighted by atomic mass is 35.5. The third-order valence-corrected chi connectivity index (χ3v) is 3.46. The van der Waals surface area contributed by atoms with Gasteiger partial charge in [-0.15, -0.1) is 0 Å². The van der Waals surface area contributed by atoms with Crippen molar-refractivity contribution in [3.05, 3.63) is 70.8 Å². The van der Waals surface area contributed by atoms with E-state index in [1.54, 1.807) is 0 Å². The molecule has 2 aromatic carbocycles. The fraction of sp³-hybridized carbons (Fsp3) is 0.211. The standard InChI is InChI=1S/C19H20ClNO2/c1-2-23-19(22)14-16-7-11-18(12-8-16)21-13-3-4-15-5-9-17(20)10-6-15/h3-12,21H,2,13-14H2,1H3/b4-3+. The van der Waals surface area contributed by atoms with Crippen LogP contribution in [0.15, 0.2) is 54.6 Å². The normalized spacial score (nSPS) is 10.7. The third-order valence-electron chi connectivity index (χ3n) is 3.21. The van der Waals surface area contributed by atoms with E-state index in [4.69, 9.17) is 16.3 Å². The summed E-state index contributed by atoms with van der Waals surface area (Å²) in [5, 5.41) is 4.04. The molecule has 0 saturated heterocycles. The quantitative estimate of drug-likeness (QED) is 0.756. The average Bonchev–Trinajstić information content (AvgIpc) is 2.55. The Labute approximate surface area is 141 Å². The number of esters is 1. The molecular weight excluding hydrogens is 310 g/mol. The molecule has 3 nitrogen and oxygen atoms in total. The van der Waals surface area contributed by atoms with Gasteiger partial charge in [0.2, 0.25) is 0 Å². The summed E-state index contributed by atoms with van der Waals surface area (Å²) < 4.78 is 4.93. The minimum Gasteiger partial charge on any atom is -0.466 e. The number of hydrogen-bond donors (Lipinski definition) is 1. The third kappa shape index (κ3) is 6.17. The lowest BCUT2D eigenvalue weighted by Crippen LogP contribution is -2.07. The molecule has 0 bridgehead atoms. The first-order valence-electron chi connectivity index (χ1n) is 7.58. The summed E-state index contributed by atoms with van der Waals surface area (Å²) in [6.07, 6.45) is 4.40. The van der Waals surface area contributed by atoms with Crippen LogP contribution in [0.1, 0.15) is 18.1 Å². The van der Waals surface area contributed by atoms with E-state index in [-0.39, 0.29) is 5.97 Å². The molecule has 1 N–H and O–H groups in total. The number of halogens is 1. The average molecular weight is 330 g/mol. The van der Waals surface area contributed by atoms with Gasteiger partial charge in [0, 0.05) is 17.3 Å². The van der Waals surface area contributed by atoms with Gasteiger partial charge >= 0.3 is 5.97 Å². The van der Waals surface area contributed by atoms with Gasteiger partial charge in [0.1, 0.15) is 0 Å². The van der Waals surface area contributed by atoms with Gasteiger partial charge in [0.25, 0.3) is 0 Å². The molecule has 120 valence electrons. The van der Waals surface area contributed by atoms with Crippen molar-refractivity contribution in [3.63, 3.8) is 0 Å². The lowest BCUT2D eigenvalue weighted by molar-refractivity contribution is -0.142. The van der Waals surface area contributed by atoms with Crippen LogP contribution in [0.25, 0.3) is 6.08 Å². The van der Waals surface area contributed by atoms with Gasteiger partial charge < -0.3 is 10.1 Å². The van der Waals surface area contributed by atoms with E-state index in [1.165, 1.54) is 0 Å². The molecule has 0 aliphatic rings. The van der Waals surface area contributed by atoms with Crippen LogP contribution in [0.4, 0.5) is 5.69 Å². The summed E-state index contributed by atoms with van der Waals surface area (Å²) in [4.78, 5) is 11.4. The molecule has 0 fully saturated rings. The molecule has 0 aromatic heterocycles. The molecule has 0 atom stereocenters. The maximum atomic E-state index is 11.4. The van der Waals surface area contributed by atoms with Gasteiger partial charge in [0.05, 0.1) is 13.0 Å². The number of carbonyl (C=O) groups excluding carboxylic acids is 1. The molecule has 0 aliphatic heterocycles. The smallest absolute Gasteiger partial charge is 0.310 e. The van der Waals surface area contributed by atoms with Crippen LogP contribution in [0, 0.1) is 0 Å².